The van der Waals surface area contributed by atoms with Gasteiger partial charge in [0.25, 0.3) is 0 Å². The van der Waals surface area contributed by atoms with Crippen LogP contribution >= 0.6 is 22.9 Å². The second kappa shape index (κ2) is 8.54. The molecule has 1 aliphatic rings. The highest BCUT2D eigenvalue weighted by Crippen LogP contribution is 2.33. The number of thiophene rings is 1. The number of hydrogen-bond donors (Lipinski definition) is 0. The lowest BCUT2D eigenvalue weighted by Crippen LogP contribution is -2.36. The normalized spacial score (nSPS) is 16.0. The van der Waals surface area contributed by atoms with Crippen molar-refractivity contribution in [1.82, 2.24) is 19.2 Å². The number of hydrogen-bond acceptors (Lipinski definition) is 8. The van der Waals surface area contributed by atoms with Crippen molar-refractivity contribution in [3.8, 4) is 0 Å². The molecule has 2 aromatic rings. The van der Waals surface area contributed by atoms with Crippen molar-refractivity contribution < 1.29 is 13.2 Å². The minimum Gasteiger partial charge on any atom is -0.378 e. The van der Waals surface area contributed by atoms with E-state index in [1.54, 1.807) is 0 Å². The molecule has 0 amide bonds. The molecule has 0 bridgehead atoms. The summed E-state index contributed by atoms with van der Waals surface area (Å²) in [6.45, 7) is 4.18. The number of anilines is 1. The summed E-state index contributed by atoms with van der Waals surface area (Å²) in [5, 5.41) is 1.10. The van der Waals surface area contributed by atoms with Gasteiger partial charge in [0.05, 0.1) is 24.9 Å². The Labute approximate surface area is 168 Å². The number of sulfonamides is 1. The molecule has 27 heavy (non-hydrogen) atoms. The van der Waals surface area contributed by atoms with Gasteiger partial charge in [0.2, 0.25) is 15.3 Å². The number of ether oxygens (including phenoxy) is 1. The second-order valence-electron chi connectivity index (χ2n) is 6.75. The first-order valence-electron chi connectivity index (χ1n) is 8.62. The first-order chi connectivity index (χ1) is 12.7. The Morgan fingerprint density at radius 2 is 1.96 bits per heavy atom. The quantitative estimate of drug-likeness (QED) is 0.612. The van der Waals surface area contributed by atoms with Gasteiger partial charge in [0, 0.05) is 37.6 Å². The zero-order valence-corrected chi connectivity index (χ0v) is 18.1. The van der Waals surface area contributed by atoms with Crippen LogP contribution in [-0.2, 0) is 21.3 Å². The number of nitrogens with zero attached hydrogens (tertiary/aromatic N) is 5. The average Bonchev–Trinajstić information content (AvgIpc) is 2.99. The number of halogens is 1. The lowest BCUT2D eigenvalue weighted by molar-refractivity contribution is 0.122. The lowest BCUT2D eigenvalue weighted by Gasteiger charge is -2.28. The molecule has 1 saturated heterocycles. The van der Waals surface area contributed by atoms with Gasteiger partial charge in [0.15, 0.2) is 0 Å². The number of fused-ring (bicyclic) bond motifs is 1. The van der Waals surface area contributed by atoms with E-state index in [9.17, 15) is 8.42 Å². The Kier molecular flexibility index (Phi) is 6.54. The van der Waals surface area contributed by atoms with Crippen molar-refractivity contribution in [1.29, 1.82) is 0 Å². The molecule has 1 aliphatic heterocycles. The fraction of sp³-hybridized carbons (Fsp3) is 0.625. The maximum absolute atomic E-state index is 12.2. The molecule has 0 spiro atoms. The summed E-state index contributed by atoms with van der Waals surface area (Å²) in [4.78, 5) is 14.5. The molecule has 0 aromatic carbocycles. The van der Waals surface area contributed by atoms with Crippen LogP contribution < -0.4 is 4.90 Å². The Hall–Kier alpha value is -1.04. The highest BCUT2D eigenvalue weighted by molar-refractivity contribution is 7.88. The third-order valence-corrected chi connectivity index (χ3v) is 6.74. The fourth-order valence-corrected chi connectivity index (χ4v) is 4.99. The smallest absolute Gasteiger partial charge is 0.225 e. The number of morpholine rings is 1. The summed E-state index contributed by atoms with van der Waals surface area (Å²) in [6.07, 6.45) is 1.24. The van der Waals surface area contributed by atoms with Crippen molar-refractivity contribution >= 4 is 49.0 Å². The summed E-state index contributed by atoms with van der Waals surface area (Å²) in [7, 11) is 0.535. The standard InChI is InChI=1S/C16H24ClN5O3S2/c1-20(2)4-5-22(27(3,23)24)11-12-10-13-14(21-6-8-25-9-7-21)18-16(17)19-15(13)26-12/h10H,4-9,11H2,1-3H3. The zero-order chi connectivity index (χ0) is 19.6. The third-order valence-electron chi connectivity index (χ3n) is 4.30. The van der Waals surface area contributed by atoms with Crippen LogP contribution in [0.15, 0.2) is 6.07 Å². The molecule has 3 heterocycles. The van der Waals surface area contributed by atoms with Gasteiger partial charge in [-0.3, -0.25) is 0 Å². The summed E-state index contributed by atoms with van der Waals surface area (Å²) >= 11 is 7.59. The second-order valence-corrected chi connectivity index (χ2v) is 10.2. The SMILES string of the molecule is CN(C)CCN(Cc1cc2c(N3CCOCC3)nc(Cl)nc2s1)S(C)(=O)=O. The van der Waals surface area contributed by atoms with Crippen molar-refractivity contribution in [2.45, 2.75) is 6.54 Å². The van der Waals surface area contributed by atoms with E-state index in [2.05, 4.69) is 14.9 Å². The molecular formula is C16H24ClN5O3S2. The van der Waals surface area contributed by atoms with Gasteiger partial charge < -0.3 is 14.5 Å². The van der Waals surface area contributed by atoms with E-state index in [1.807, 2.05) is 25.1 Å². The minimum atomic E-state index is -3.31. The van der Waals surface area contributed by atoms with Crippen LogP contribution in [0.3, 0.4) is 0 Å². The van der Waals surface area contributed by atoms with E-state index in [1.165, 1.54) is 21.9 Å². The first-order valence-corrected chi connectivity index (χ1v) is 11.7. The van der Waals surface area contributed by atoms with Crippen LogP contribution in [-0.4, -0.2) is 87.3 Å². The summed E-state index contributed by atoms with van der Waals surface area (Å²) in [6, 6.07) is 1.98. The zero-order valence-electron chi connectivity index (χ0n) is 15.7. The maximum Gasteiger partial charge on any atom is 0.225 e. The van der Waals surface area contributed by atoms with Gasteiger partial charge >= 0.3 is 0 Å². The van der Waals surface area contributed by atoms with Crippen molar-refractivity contribution in [2.75, 3.05) is 64.6 Å². The average molecular weight is 434 g/mol. The molecule has 3 rings (SSSR count). The van der Waals surface area contributed by atoms with Gasteiger partial charge in [0.1, 0.15) is 10.6 Å². The fourth-order valence-electron chi connectivity index (χ4n) is 2.87. The third kappa shape index (κ3) is 5.27. The first kappa shape index (κ1) is 20.7. The molecule has 2 aromatic heterocycles. The van der Waals surface area contributed by atoms with E-state index >= 15 is 0 Å². The molecule has 0 radical (unpaired) electrons. The summed E-state index contributed by atoms with van der Waals surface area (Å²) in [5.74, 6) is 0.787. The van der Waals surface area contributed by atoms with Crippen LogP contribution in [0.1, 0.15) is 4.88 Å². The van der Waals surface area contributed by atoms with Crippen LogP contribution in [0.4, 0.5) is 5.82 Å². The predicted octanol–water partition coefficient (Wildman–Crippen LogP) is 1.50. The molecule has 11 heteroatoms. The van der Waals surface area contributed by atoms with E-state index in [0.717, 1.165) is 34.0 Å². The molecule has 0 aliphatic carbocycles. The van der Waals surface area contributed by atoms with Crippen molar-refractivity contribution in [3.05, 3.63) is 16.2 Å². The minimum absolute atomic E-state index is 0.199. The Morgan fingerprint density at radius 3 is 2.59 bits per heavy atom. The number of aromatic nitrogens is 2. The van der Waals surface area contributed by atoms with Gasteiger partial charge in [-0.25, -0.2) is 13.4 Å². The molecule has 0 N–H and O–H groups in total. The predicted molar refractivity (Wildman–Crippen MR) is 109 cm³/mol. The van der Waals surface area contributed by atoms with Gasteiger partial charge in [-0.05, 0) is 31.8 Å². The van der Waals surface area contributed by atoms with E-state index in [-0.39, 0.29) is 5.28 Å². The highest BCUT2D eigenvalue weighted by atomic mass is 35.5. The molecule has 1 fully saturated rings. The lowest BCUT2D eigenvalue weighted by atomic mass is 10.3. The highest BCUT2D eigenvalue weighted by Gasteiger charge is 2.22. The van der Waals surface area contributed by atoms with Crippen LogP contribution in [0, 0.1) is 0 Å². The molecule has 0 unspecified atom stereocenters. The monoisotopic (exact) mass is 433 g/mol. The number of likely N-dealkylation sites (N-methyl/N-ethyl adjacent to an activating group) is 1. The topological polar surface area (TPSA) is 78.9 Å². The van der Waals surface area contributed by atoms with Gasteiger partial charge in [-0.15, -0.1) is 11.3 Å². The van der Waals surface area contributed by atoms with E-state index in [0.29, 0.717) is 32.8 Å². The summed E-state index contributed by atoms with van der Waals surface area (Å²) < 4.78 is 31.2. The van der Waals surface area contributed by atoms with Crippen LogP contribution in [0.25, 0.3) is 10.2 Å². The van der Waals surface area contributed by atoms with Crippen LogP contribution in [0.2, 0.25) is 5.28 Å². The maximum atomic E-state index is 12.2. The summed E-state index contributed by atoms with van der Waals surface area (Å²) in [5.41, 5.74) is 0. The molecule has 0 atom stereocenters. The van der Waals surface area contributed by atoms with Crippen molar-refractivity contribution in [3.63, 3.8) is 0 Å². The Balaban J connectivity index is 1.91. The van der Waals surface area contributed by atoms with Crippen LogP contribution in [0.5, 0.6) is 0 Å². The van der Waals surface area contributed by atoms with Crippen molar-refractivity contribution in [2.24, 2.45) is 0 Å². The molecular weight excluding hydrogens is 410 g/mol. The molecule has 150 valence electrons. The van der Waals surface area contributed by atoms with E-state index < -0.39 is 10.0 Å². The molecule has 8 nitrogen and oxygen atoms in total. The Morgan fingerprint density at radius 1 is 1.26 bits per heavy atom. The number of rotatable bonds is 7. The largest absolute Gasteiger partial charge is 0.378 e. The Bertz CT molecular complexity index is 897. The molecule has 0 saturated carbocycles. The van der Waals surface area contributed by atoms with Gasteiger partial charge in [-0.2, -0.15) is 9.29 Å². The van der Waals surface area contributed by atoms with E-state index in [4.69, 9.17) is 16.3 Å². The van der Waals surface area contributed by atoms with Gasteiger partial charge in [-0.1, -0.05) is 0 Å².